The van der Waals surface area contributed by atoms with Gasteiger partial charge in [-0.2, -0.15) is 5.10 Å². The summed E-state index contributed by atoms with van der Waals surface area (Å²) in [5, 5.41) is 7.53. The van der Waals surface area contributed by atoms with E-state index in [1.54, 1.807) is 18.6 Å². The Kier molecular flexibility index (Phi) is 1.00. The van der Waals surface area contributed by atoms with Gasteiger partial charge in [0.1, 0.15) is 7.85 Å². The Balaban J connectivity index is 2.95. The van der Waals surface area contributed by atoms with Gasteiger partial charge in [-0.25, -0.2) is 0 Å². The minimum absolute atomic E-state index is 0.634. The Hall–Kier alpha value is -1.32. The Labute approximate surface area is 58.9 Å². The molecule has 2 aromatic rings. The smallest absolute Gasteiger partial charge is 0.119 e. The molecule has 0 unspecified atom stereocenters. The van der Waals surface area contributed by atoms with Crippen LogP contribution >= 0.6 is 0 Å². The van der Waals surface area contributed by atoms with E-state index in [9.17, 15) is 0 Å². The Morgan fingerprint density at radius 1 is 1.30 bits per heavy atom. The van der Waals surface area contributed by atoms with Crippen molar-refractivity contribution in [3.63, 3.8) is 0 Å². The molecule has 3 nitrogen and oxygen atoms in total. The Bertz CT molecular complexity index is 355. The van der Waals surface area contributed by atoms with Crippen molar-refractivity contribution in [1.82, 2.24) is 15.2 Å². The Morgan fingerprint density at radius 3 is 3.00 bits per heavy atom. The molecule has 0 bridgehead atoms. The molecule has 0 aliphatic rings. The van der Waals surface area contributed by atoms with Gasteiger partial charge in [0, 0.05) is 17.8 Å². The highest BCUT2D eigenvalue weighted by atomic mass is 15.1. The molecule has 2 aromatic heterocycles. The van der Waals surface area contributed by atoms with Crippen LogP contribution in [0.5, 0.6) is 0 Å². The number of aromatic amines is 1. The summed E-state index contributed by atoms with van der Waals surface area (Å²) in [6.07, 6.45) is 5.01. The highest BCUT2D eigenvalue weighted by Crippen LogP contribution is 2.02. The van der Waals surface area contributed by atoms with Gasteiger partial charge in [0.25, 0.3) is 0 Å². The van der Waals surface area contributed by atoms with Gasteiger partial charge in [-0.3, -0.25) is 10.1 Å². The van der Waals surface area contributed by atoms with E-state index in [2.05, 4.69) is 15.2 Å². The summed E-state index contributed by atoms with van der Waals surface area (Å²) in [5.74, 6) is 0. The van der Waals surface area contributed by atoms with Crippen molar-refractivity contribution in [2.45, 2.75) is 0 Å². The first-order chi connectivity index (χ1) is 4.88. The quantitative estimate of drug-likeness (QED) is 0.498. The van der Waals surface area contributed by atoms with Crippen LogP contribution in [-0.2, 0) is 0 Å². The van der Waals surface area contributed by atoms with E-state index in [0.29, 0.717) is 5.46 Å². The maximum Gasteiger partial charge on any atom is 0.119 e. The summed E-state index contributed by atoms with van der Waals surface area (Å²) >= 11 is 0. The summed E-state index contributed by atoms with van der Waals surface area (Å²) in [6, 6.07) is 0. The van der Waals surface area contributed by atoms with E-state index >= 15 is 0 Å². The predicted molar refractivity (Wildman–Crippen MR) is 39.3 cm³/mol. The molecular weight excluding hydrogens is 125 g/mol. The average Bonchev–Trinajstić information content (AvgIpc) is 2.36. The molecule has 0 saturated carbocycles. The molecule has 1 N–H and O–H groups in total. The molecule has 46 valence electrons. The molecule has 0 saturated heterocycles. The second kappa shape index (κ2) is 1.83. The molecule has 4 heteroatoms. The van der Waals surface area contributed by atoms with Gasteiger partial charge in [-0.05, 0) is 0 Å². The fourth-order valence-electron chi connectivity index (χ4n) is 0.887. The van der Waals surface area contributed by atoms with Crippen LogP contribution in [-0.4, -0.2) is 23.0 Å². The van der Waals surface area contributed by atoms with Crippen molar-refractivity contribution in [2.75, 3.05) is 0 Å². The van der Waals surface area contributed by atoms with Gasteiger partial charge in [0.15, 0.2) is 0 Å². The summed E-state index contributed by atoms with van der Waals surface area (Å²) in [4.78, 5) is 3.90. The summed E-state index contributed by atoms with van der Waals surface area (Å²) in [7, 11) is 5.57. The van der Waals surface area contributed by atoms with Crippen LogP contribution in [0.15, 0.2) is 18.6 Å². The zero-order valence-electron chi connectivity index (χ0n) is 5.20. The number of pyridine rings is 1. The van der Waals surface area contributed by atoms with Crippen LogP contribution in [0.4, 0.5) is 0 Å². The van der Waals surface area contributed by atoms with E-state index in [1.165, 1.54) is 0 Å². The van der Waals surface area contributed by atoms with Crippen LogP contribution in [0.1, 0.15) is 0 Å². The molecule has 0 aliphatic carbocycles. The van der Waals surface area contributed by atoms with Gasteiger partial charge >= 0.3 is 0 Å². The van der Waals surface area contributed by atoms with Crippen molar-refractivity contribution in [2.24, 2.45) is 0 Å². The minimum atomic E-state index is 0.634. The highest BCUT2D eigenvalue weighted by molar-refractivity contribution is 6.37. The first kappa shape index (κ1) is 5.47. The number of H-pyrrole nitrogens is 1. The van der Waals surface area contributed by atoms with Gasteiger partial charge in [0.2, 0.25) is 0 Å². The normalized spacial score (nSPS) is 10.4. The molecule has 0 aliphatic heterocycles. The standard InChI is InChI=1S/C6H4BN3/c7-5-3-8-1-4-2-9-10-6(4)5/h1-3H,(H,9,10). The maximum absolute atomic E-state index is 5.57. The van der Waals surface area contributed by atoms with E-state index < -0.39 is 0 Å². The van der Waals surface area contributed by atoms with E-state index in [4.69, 9.17) is 7.85 Å². The second-order valence-electron chi connectivity index (χ2n) is 2.06. The zero-order valence-corrected chi connectivity index (χ0v) is 5.20. The van der Waals surface area contributed by atoms with E-state index in [1.807, 2.05) is 0 Å². The van der Waals surface area contributed by atoms with Gasteiger partial charge in [-0.15, -0.1) is 0 Å². The van der Waals surface area contributed by atoms with E-state index in [0.717, 1.165) is 10.9 Å². The SMILES string of the molecule is [B]c1cncc2cn[nH]c12. The molecule has 2 heterocycles. The van der Waals surface area contributed by atoms with Crippen LogP contribution in [0.2, 0.25) is 0 Å². The van der Waals surface area contributed by atoms with Gasteiger partial charge < -0.3 is 0 Å². The third kappa shape index (κ3) is 0.619. The first-order valence-corrected chi connectivity index (χ1v) is 2.90. The molecule has 10 heavy (non-hydrogen) atoms. The lowest BCUT2D eigenvalue weighted by molar-refractivity contribution is 1.12. The van der Waals surface area contributed by atoms with Crippen molar-refractivity contribution < 1.29 is 0 Å². The average molecular weight is 129 g/mol. The number of rotatable bonds is 0. The van der Waals surface area contributed by atoms with E-state index in [-0.39, 0.29) is 0 Å². The molecular formula is C6H4BN3. The zero-order chi connectivity index (χ0) is 6.97. The second-order valence-corrected chi connectivity index (χ2v) is 2.06. The van der Waals surface area contributed by atoms with Crippen molar-refractivity contribution in [3.05, 3.63) is 18.6 Å². The summed E-state index contributed by atoms with van der Waals surface area (Å²) in [5.41, 5.74) is 1.49. The highest BCUT2D eigenvalue weighted by Gasteiger charge is 1.95. The van der Waals surface area contributed by atoms with Crippen LogP contribution in [0.25, 0.3) is 10.9 Å². The van der Waals surface area contributed by atoms with Crippen molar-refractivity contribution >= 4 is 24.2 Å². The topological polar surface area (TPSA) is 41.6 Å². The predicted octanol–water partition coefficient (Wildman–Crippen LogP) is -0.248. The third-order valence-electron chi connectivity index (χ3n) is 1.38. The third-order valence-corrected chi connectivity index (χ3v) is 1.38. The number of hydrogen-bond acceptors (Lipinski definition) is 2. The minimum Gasteiger partial charge on any atom is -0.278 e. The molecule has 2 radical (unpaired) electrons. The lowest BCUT2D eigenvalue weighted by Gasteiger charge is -1.90. The lowest BCUT2D eigenvalue weighted by atomic mass is 9.97. The summed E-state index contributed by atoms with van der Waals surface area (Å²) in [6.45, 7) is 0. The van der Waals surface area contributed by atoms with Gasteiger partial charge in [0.05, 0.1) is 11.7 Å². The van der Waals surface area contributed by atoms with Gasteiger partial charge in [-0.1, -0.05) is 5.46 Å². The fourth-order valence-corrected chi connectivity index (χ4v) is 0.887. The van der Waals surface area contributed by atoms with Crippen LogP contribution < -0.4 is 5.46 Å². The monoisotopic (exact) mass is 129 g/mol. The number of fused-ring (bicyclic) bond motifs is 1. The Morgan fingerprint density at radius 2 is 2.20 bits per heavy atom. The summed E-state index contributed by atoms with van der Waals surface area (Å²) < 4.78 is 0. The maximum atomic E-state index is 5.57. The number of nitrogens with one attached hydrogen (secondary N) is 1. The number of hydrogen-bond donors (Lipinski definition) is 1. The number of aromatic nitrogens is 3. The molecule has 0 spiro atoms. The molecule has 2 rings (SSSR count). The van der Waals surface area contributed by atoms with Crippen LogP contribution in [0, 0.1) is 0 Å². The lowest BCUT2D eigenvalue weighted by Crippen LogP contribution is -2.03. The fraction of sp³-hybridized carbons (Fsp3) is 0. The van der Waals surface area contributed by atoms with Crippen molar-refractivity contribution in [1.29, 1.82) is 0 Å². The largest absolute Gasteiger partial charge is 0.278 e. The molecule has 0 fully saturated rings. The van der Waals surface area contributed by atoms with Crippen molar-refractivity contribution in [3.8, 4) is 0 Å². The molecule has 0 amide bonds. The number of nitrogens with zero attached hydrogens (tertiary/aromatic N) is 2. The molecule has 0 aromatic carbocycles. The first-order valence-electron chi connectivity index (χ1n) is 2.90. The van der Waals surface area contributed by atoms with Crippen LogP contribution in [0.3, 0.4) is 0 Å². The molecule has 0 atom stereocenters.